The minimum atomic E-state index is -0.446. The highest BCUT2D eigenvalue weighted by Gasteiger charge is 2.16. The van der Waals surface area contributed by atoms with E-state index in [-0.39, 0.29) is 0 Å². The molecule has 1 heterocycles. The van der Waals surface area contributed by atoms with Crippen LogP contribution in [0.15, 0.2) is 0 Å². The van der Waals surface area contributed by atoms with Crippen LogP contribution in [0.25, 0.3) is 0 Å². The summed E-state index contributed by atoms with van der Waals surface area (Å²) in [5.41, 5.74) is 5.01. The molecule has 5 nitrogen and oxygen atoms in total. The van der Waals surface area contributed by atoms with E-state index in [1.807, 2.05) is 20.8 Å². The maximum absolute atomic E-state index is 11.3. The molecule has 1 aliphatic heterocycles. The molecule has 0 aromatic carbocycles. The normalized spacial score (nSPS) is 21.6. The molecule has 0 saturated carbocycles. The molecule has 0 aromatic heterocycles. The fraction of sp³-hybridized carbons (Fsp3) is 0.909. The van der Waals surface area contributed by atoms with Crippen molar-refractivity contribution < 1.29 is 9.53 Å². The van der Waals surface area contributed by atoms with Gasteiger partial charge in [-0.2, -0.15) is 0 Å². The third kappa shape index (κ3) is 5.92. The molecule has 0 aromatic rings. The quantitative estimate of drug-likeness (QED) is 0.632. The van der Waals surface area contributed by atoms with Gasteiger partial charge in [-0.3, -0.25) is 5.43 Å². The van der Waals surface area contributed by atoms with Crippen molar-refractivity contribution in [2.75, 3.05) is 19.6 Å². The molecule has 1 rings (SSSR count). The standard InChI is InChI=1S/C11H23N3O2/c1-11(2,3)16-10(15)14-13-8-9-5-4-6-12-7-9/h9,12-13H,4-8H2,1-3H3,(H,14,15). The Hall–Kier alpha value is -0.810. The second kappa shape index (κ2) is 6.06. The van der Waals surface area contributed by atoms with Crippen LogP contribution in [0.2, 0.25) is 0 Å². The molecule has 94 valence electrons. The summed E-state index contributed by atoms with van der Waals surface area (Å²) in [4.78, 5) is 11.3. The lowest BCUT2D eigenvalue weighted by Crippen LogP contribution is -2.45. The first-order valence-electron chi connectivity index (χ1n) is 5.90. The van der Waals surface area contributed by atoms with E-state index >= 15 is 0 Å². The molecule has 3 N–H and O–H groups in total. The van der Waals surface area contributed by atoms with Gasteiger partial charge in [0.15, 0.2) is 0 Å². The molecule has 1 fully saturated rings. The lowest BCUT2D eigenvalue weighted by atomic mass is 10.0. The Bertz CT molecular complexity index is 220. The van der Waals surface area contributed by atoms with Crippen LogP contribution in [0.1, 0.15) is 33.6 Å². The summed E-state index contributed by atoms with van der Waals surface area (Å²) in [7, 11) is 0. The van der Waals surface area contributed by atoms with Crippen LogP contribution in [0.3, 0.4) is 0 Å². The highest BCUT2D eigenvalue weighted by atomic mass is 16.6. The van der Waals surface area contributed by atoms with E-state index in [0.29, 0.717) is 5.92 Å². The maximum Gasteiger partial charge on any atom is 0.422 e. The number of piperidine rings is 1. The highest BCUT2D eigenvalue weighted by Crippen LogP contribution is 2.08. The summed E-state index contributed by atoms with van der Waals surface area (Å²) in [6.45, 7) is 8.44. The van der Waals surface area contributed by atoms with Gasteiger partial charge in [0.05, 0.1) is 0 Å². The number of ether oxygens (including phenoxy) is 1. The average Bonchev–Trinajstić information content (AvgIpc) is 2.16. The number of amides is 1. The maximum atomic E-state index is 11.3. The van der Waals surface area contributed by atoms with Gasteiger partial charge in [-0.15, -0.1) is 0 Å². The van der Waals surface area contributed by atoms with Crippen molar-refractivity contribution in [2.24, 2.45) is 5.92 Å². The van der Waals surface area contributed by atoms with Gasteiger partial charge in [0.25, 0.3) is 0 Å². The Morgan fingerprint density at radius 3 is 2.81 bits per heavy atom. The monoisotopic (exact) mass is 229 g/mol. The fourth-order valence-corrected chi connectivity index (χ4v) is 1.67. The van der Waals surface area contributed by atoms with Crippen molar-refractivity contribution in [2.45, 2.75) is 39.2 Å². The van der Waals surface area contributed by atoms with Crippen LogP contribution in [0.5, 0.6) is 0 Å². The van der Waals surface area contributed by atoms with Gasteiger partial charge in [0.1, 0.15) is 5.60 Å². The van der Waals surface area contributed by atoms with E-state index in [2.05, 4.69) is 16.2 Å². The minimum absolute atomic E-state index is 0.420. The second-order valence-electron chi connectivity index (χ2n) is 5.22. The van der Waals surface area contributed by atoms with Gasteiger partial charge < -0.3 is 10.1 Å². The Labute approximate surface area is 97.3 Å². The number of hydrogen-bond donors (Lipinski definition) is 3. The highest BCUT2D eigenvalue weighted by molar-refractivity contribution is 5.66. The van der Waals surface area contributed by atoms with E-state index < -0.39 is 11.7 Å². The van der Waals surface area contributed by atoms with Crippen LogP contribution >= 0.6 is 0 Å². The van der Waals surface area contributed by atoms with Gasteiger partial charge >= 0.3 is 6.09 Å². The molecule has 0 radical (unpaired) electrons. The Morgan fingerprint density at radius 2 is 2.25 bits per heavy atom. The van der Waals surface area contributed by atoms with Crippen molar-refractivity contribution in [3.8, 4) is 0 Å². The second-order valence-corrected chi connectivity index (χ2v) is 5.22. The first-order valence-corrected chi connectivity index (χ1v) is 5.90. The van der Waals surface area contributed by atoms with E-state index in [4.69, 9.17) is 4.74 Å². The Morgan fingerprint density at radius 1 is 1.50 bits per heavy atom. The van der Waals surface area contributed by atoms with Crippen molar-refractivity contribution in [3.05, 3.63) is 0 Å². The lowest BCUT2D eigenvalue weighted by molar-refractivity contribution is 0.0494. The Kier molecular flexibility index (Phi) is 5.02. The van der Waals surface area contributed by atoms with Gasteiger partial charge in [0, 0.05) is 6.54 Å². The van der Waals surface area contributed by atoms with Crippen LogP contribution in [0, 0.1) is 5.92 Å². The van der Waals surface area contributed by atoms with Crippen molar-refractivity contribution in [1.82, 2.24) is 16.2 Å². The first kappa shape index (κ1) is 13.3. The topological polar surface area (TPSA) is 62.4 Å². The Balaban J connectivity index is 2.08. The summed E-state index contributed by atoms with van der Waals surface area (Å²) in [5.74, 6) is 0.587. The predicted molar refractivity (Wildman–Crippen MR) is 63.0 cm³/mol. The van der Waals surface area contributed by atoms with Crippen molar-refractivity contribution >= 4 is 6.09 Å². The molecule has 5 heteroatoms. The minimum Gasteiger partial charge on any atom is -0.443 e. The van der Waals surface area contributed by atoms with Crippen LogP contribution in [0.4, 0.5) is 4.79 Å². The third-order valence-electron chi connectivity index (χ3n) is 2.38. The van der Waals surface area contributed by atoms with Gasteiger partial charge in [-0.05, 0) is 52.6 Å². The number of rotatable bonds is 3. The number of nitrogens with one attached hydrogen (secondary N) is 3. The molecule has 0 aliphatic carbocycles. The average molecular weight is 229 g/mol. The molecule has 1 amide bonds. The molecule has 0 bridgehead atoms. The molecule has 0 spiro atoms. The number of carbonyl (C=O) groups excluding carboxylic acids is 1. The van der Waals surface area contributed by atoms with Crippen LogP contribution < -0.4 is 16.2 Å². The van der Waals surface area contributed by atoms with E-state index in [1.54, 1.807) is 0 Å². The molecular weight excluding hydrogens is 206 g/mol. The summed E-state index contributed by atoms with van der Waals surface area (Å²) in [5, 5.41) is 3.33. The zero-order valence-corrected chi connectivity index (χ0v) is 10.4. The summed E-state index contributed by atoms with van der Waals surface area (Å²) in [6, 6.07) is 0. The first-order chi connectivity index (χ1) is 7.47. The SMILES string of the molecule is CC(C)(C)OC(=O)NNCC1CCCNC1. The summed E-state index contributed by atoms with van der Waals surface area (Å²) < 4.78 is 5.10. The predicted octanol–water partition coefficient (Wildman–Crippen LogP) is 1.02. The van der Waals surface area contributed by atoms with Gasteiger partial charge in [-0.25, -0.2) is 10.2 Å². The number of hydrogen-bond acceptors (Lipinski definition) is 4. The smallest absolute Gasteiger partial charge is 0.422 e. The molecule has 1 unspecified atom stereocenters. The molecule has 1 aliphatic rings. The van der Waals surface area contributed by atoms with E-state index in [0.717, 1.165) is 19.6 Å². The largest absolute Gasteiger partial charge is 0.443 e. The lowest BCUT2D eigenvalue weighted by Gasteiger charge is -2.24. The number of hydrazine groups is 1. The molecular formula is C11H23N3O2. The molecule has 1 atom stereocenters. The molecule has 16 heavy (non-hydrogen) atoms. The fourth-order valence-electron chi connectivity index (χ4n) is 1.67. The number of carbonyl (C=O) groups is 1. The molecule has 1 saturated heterocycles. The van der Waals surface area contributed by atoms with Crippen LogP contribution in [-0.2, 0) is 4.74 Å². The van der Waals surface area contributed by atoms with Gasteiger partial charge in [0.2, 0.25) is 0 Å². The zero-order chi connectivity index (χ0) is 12.0. The van der Waals surface area contributed by atoms with E-state index in [1.165, 1.54) is 12.8 Å². The van der Waals surface area contributed by atoms with Gasteiger partial charge in [-0.1, -0.05) is 0 Å². The third-order valence-corrected chi connectivity index (χ3v) is 2.38. The summed E-state index contributed by atoms with van der Waals surface area (Å²) in [6.07, 6.45) is 1.99. The van der Waals surface area contributed by atoms with Crippen LogP contribution in [-0.4, -0.2) is 31.3 Å². The summed E-state index contributed by atoms with van der Waals surface area (Å²) >= 11 is 0. The van der Waals surface area contributed by atoms with E-state index in [9.17, 15) is 4.79 Å². The van der Waals surface area contributed by atoms with Crippen molar-refractivity contribution in [1.29, 1.82) is 0 Å². The van der Waals surface area contributed by atoms with Crippen molar-refractivity contribution in [3.63, 3.8) is 0 Å². The zero-order valence-electron chi connectivity index (χ0n) is 10.4.